The van der Waals surface area contributed by atoms with E-state index in [-0.39, 0.29) is 12.2 Å². The molecule has 7 heteroatoms. The minimum Gasteiger partial charge on any atom is -0.478 e. The van der Waals surface area contributed by atoms with Crippen LogP contribution in [0.25, 0.3) is 0 Å². The molecule has 18 heavy (non-hydrogen) atoms. The van der Waals surface area contributed by atoms with Gasteiger partial charge in [0, 0.05) is 12.6 Å². The molecule has 0 bridgehead atoms. The first kappa shape index (κ1) is 13.8. The number of dihydropyridines is 1. The molecule has 1 unspecified atom stereocenters. The largest absolute Gasteiger partial charge is 0.478 e. The van der Waals surface area contributed by atoms with Crippen LogP contribution in [0.15, 0.2) is 24.0 Å². The van der Waals surface area contributed by atoms with Crippen LogP contribution in [0.4, 0.5) is 0 Å². The molecule has 7 nitrogen and oxygen atoms in total. The minimum absolute atomic E-state index is 0.00710. The number of hydrogen-bond donors (Lipinski definition) is 2. The van der Waals surface area contributed by atoms with Gasteiger partial charge in [-0.05, 0) is 13.1 Å². The molecule has 0 aromatic heterocycles. The highest BCUT2D eigenvalue weighted by atomic mass is 16.6. The Hall–Kier alpha value is -2.31. The van der Waals surface area contributed by atoms with E-state index in [0.29, 0.717) is 6.42 Å². The van der Waals surface area contributed by atoms with Gasteiger partial charge in [-0.15, -0.1) is 0 Å². The fraction of sp³-hybridized carbons (Fsp3) is 0.364. The summed E-state index contributed by atoms with van der Waals surface area (Å²) in [6.07, 6.45) is 3.03. The molecule has 1 heterocycles. The van der Waals surface area contributed by atoms with E-state index >= 15 is 0 Å². The highest BCUT2D eigenvalue weighted by Gasteiger charge is 2.32. The van der Waals surface area contributed by atoms with E-state index in [4.69, 9.17) is 5.11 Å². The van der Waals surface area contributed by atoms with Gasteiger partial charge in [-0.2, -0.15) is 0 Å². The topological polar surface area (TPSA) is 102 Å². The molecule has 0 spiro atoms. The predicted octanol–water partition coefficient (Wildman–Crippen LogP) is -0.0632. The molecule has 1 rings (SSSR count). The third-order valence-electron chi connectivity index (χ3n) is 2.02. The van der Waals surface area contributed by atoms with Crippen LogP contribution in [0.3, 0.4) is 0 Å². The van der Waals surface area contributed by atoms with Crippen molar-refractivity contribution in [2.45, 2.75) is 19.4 Å². The monoisotopic (exact) mass is 255 g/mol. The molecule has 1 aliphatic heterocycles. The second-order valence-electron chi connectivity index (χ2n) is 3.32. The van der Waals surface area contributed by atoms with Crippen LogP contribution < -0.4 is 5.32 Å². The van der Waals surface area contributed by atoms with Gasteiger partial charge in [-0.25, -0.2) is 14.4 Å². The lowest BCUT2D eigenvalue weighted by Gasteiger charge is -2.14. The van der Waals surface area contributed by atoms with Gasteiger partial charge in [-0.3, -0.25) is 0 Å². The molecular weight excluding hydrogens is 242 g/mol. The van der Waals surface area contributed by atoms with Gasteiger partial charge in [0.25, 0.3) is 6.10 Å². The second kappa shape index (κ2) is 6.43. The third-order valence-corrected chi connectivity index (χ3v) is 2.02. The molecule has 0 aromatic rings. The molecular formula is C11H13NO6. The highest BCUT2D eigenvalue weighted by Crippen LogP contribution is 2.10. The normalized spacial score (nSPS) is 15.1. The lowest BCUT2D eigenvalue weighted by molar-refractivity contribution is -0.175. The van der Waals surface area contributed by atoms with Crippen LogP contribution in [0.1, 0.15) is 13.3 Å². The minimum atomic E-state index is -1.94. The van der Waals surface area contributed by atoms with Crippen molar-refractivity contribution >= 4 is 17.9 Å². The molecule has 98 valence electrons. The Morgan fingerprint density at radius 1 is 1.50 bits per heavy atom. The summed E-state index contributed by atoms with van der Waals surface area (Å²) in [5, 5.41) is 11.5. The van der Waals surface area contributed by atoms with Crippen molar-refractivity contribution in [3.8, 4) is 0 Å². The Kier molecular flexibility index (Phi) is 4.91. The Morgan fingerprint density at radius 2 is 2.22 bits per heavy atom. The number of carboxylic acids is 1. The summed E-state index contributed by atoms with van der Waals surface area (Å²) in [5.41, 5.74) is 0.230. The number of carbonyl (C=O) groups excluding carboxylic acids is 2. The van der Waals surface area contributed by atoms with Crippen molar-refractivity contribution in [1.82, 2.24) is 5.32 Å². The van der Waals surface area contributed by atoms with Crippen molar-refractivity contribution in [2.24, 2.45) is 0 Å². The van der Waals surface area contributed by atoms with Crippen molar-refractivity contribution in [3.63, 3.8) is 0 Å². The number of nitrogens with one attached hydrogen (secondary N) is 1. The van der Waals surface area contributed by atoms with E-state index in [9.17, 15) is 14.4 Å². The van der Waals surface area contributed by atoms with Crippen LogP contribution >= 0.6 is 0 Å². The maximum Gasteiger partial charge on any atom is 0.359 e. The summed E-state index contributed by atoms with van der Waals surface area (Å²) in [7, 11) is 0. The van der Waals surface area contributed by atoms with Gasteiger partial charge >= 0.3 is 17.9 Å². The SMILES string of the molecule is CCOC(=O)C(OC(=O)C1=CNC=CC1)C(=O)O. The summed E-state index contributed by atoms with van der Waals surface area (Å²) in [6.45, 7) is 1.53. The summed E-state index contributed by atoms with van der Waals surface area (Å²) in [6, 6.07) is 0. The number of hydrogen-bond acceptors (Lipinski definition) is 6. The average Bonchev–Trinajstić information content (AvgIpc) is 2.36. The lowest BCUT2D eigenvalue weighted by atomic mass is 10.2. The number of rotatable bonds is 5. The van der Waals surface area contributed by atoms with E-state index in [1.54, 1.807) is 12.3 Å². The molecule has 0 aliphatic carbocycles. The number of aliphatic carboxylic acids is 1. The van der Waals surface area contributed by atoms with E-state index in [1.165, 1.54) is 13.1 Å². The van der Waals surface area contributed by atoms with Crippen LogP contribution in [-0.2, 0) is 23.9 Å². The average molecular weight is 255 g/mol. The zero-order chi connectivity index (χ0) is 13.5. The van der Waals surface area contributed by atoms with Crippen LogP contribution in [0.5, 0.6) is 0 Å². The number of carboxylic acid groups (broad SMARTS) is 1. The summed E-state index contributed by atoms with van der Waals surface area (Å²) in [4.78, 5) is 33.7. The first-order valence-corrected chi connectivity index (χ1v) is 5.26. The number of esters is 2. The third kappa shape index (κ3) is 3.62. The zero-order valence-electron chi connectivity index (χ0n) is 9.71. The summed E-state index contributed by atoms with van der Waals surface area (Å²) in [5.74, 6) is -3.53. The molecule has 0 radical (unpaired) electrons. The van der Waals surface area contributed by atoms with Crippen molar-refractivity contribution in [1.29, 1.82) is 0 Å². The first-order chi connectivity index (χ1) is 8.56. The highest BCUT2D eigenvalue weighted by molar-refractivity contribution is 6.01. The molecule has 1 aliphatic rings. The number of allylic oxidation sites excluding steroid dienone is 1. The van der Waals surface area contributed by atoms with Crippen molar-refractivity contribution in [3.05, 3.63) is 24.0 Å². The maximum absolute atomic E-state index is 11.6. The van der Waals surface area contributed by atoms with E-state index in [1.807, 2.05) is 0 Å². The fourth-order valence-electron chi connectivity index (χ4n) is 1.20. The lowest BCUT2D eigenvalue weighted by Crippen LogP contribution is -2.37. The van der Waals surface area contributed by atoms with E-state index < -0.39 is 24.0 Å². The standard InChI is InChI=1S/C11H13NO6/c1-2-17-11(16)8(9(13)14)18-10(15)7-4-3-5-12-6-7/h3,5-6,8,12H,2,4H2,1H3,(H,13,14). The zero-order valence-corrected chi connectivity index (χ0v) is 9.71. The van der Waals surface area contributed by atoms with Crippen molar-refractivity contribution in [2.75, 3.05) is 6.61 Å². The van der Waals surface area contributed by atoms with E-state index in [0.717, 1.165) is 0 Å². The Balaban J connectivity index is 2.66. The second-order valence-corrected chi connectivity index (χ2v) is 3.32. The molecule has 2 N–H and O–H groups in total. The van der Waals surface area contributed by atoms with E-state index in [2.05, 4.69) is 14.8 Å². The Labute approximate surface area is 103 Å². The number of carbonyl (C=O) groups is 3. The van der Waals surface area contributed by atoms with Gasteiger partial charge < -0.3 is 19.9 Å². The molecule has 0 saturated carbocycles. The van der Waals surface area contributed by atoms with Gasteiger partial charge in [0.1, 0.15) is 0 Å². The molecule has 1 atom stereocenters. The quantitative estimate of drug-likeness (QED) is 0.524. The first-order valence-electron chi connectivity index (χ1n) is 5.26. The Bertz CT molecular complexity index is 412. The van der Waals surface area contributed by atoms with Crippen LogP contribution in [0.2, 0.25) is 0 Å². The molecule has 0 saturated heterocycles. The maximum atomic E-state index is 11.6. The van der Waals surface area contributed by atoms with Gasteiger partial charge in [0.05, 0.1) is 12.2 Å². The molecule has 0 fully saturated rings. The van der Waals surface area contributed by atoms with Gasteiger partial charge in [0.15, 0.2) is 0 Å². The Morgan fingerprint density at radius 3 is 2.72 bits per heavy atom. The van der Waals surface area contributed by atoms with Crippen LogP contribution in [-0.4, -0.2) is 35.7 Å². The molecule has 0 aromatic carbocycles. The van der Waals surface area contributed by atoms with Gasteiger partial charge in [0.2, 0.25) is 0 Å². The number of ether oxygens (including phenoxy) is 2. The molecule has 0 amide bonds. The van der Waals surface area contributed by atoms with Crippen molar-refractivity contribution < 1.29 is 29.0 Å². The summed E-state index contributed by atoms with van der Waals surface area (Å²) < 4.78 is 9.12. The fourth-order valence-corrected chi connectivity index (χ4v) is 1.20. The smallest absolute Gasteiger partial charge is 0.359 e. The van der Waals surface area contributed by atoms with Gasteiger partial charge in [-0.1, -0.05) is 6.08 Å². The van der Waals surface area contributed by atoms with Crippen LogP contribution in [0, 0.1) is 0 Å². The predicted molar refractivity (Wildman–Crippen MR) is 59.1 cm³/mol. The summed E-state index contributed by atoms with van der Waals surface area (Å²) >= 11 is 0.